The van der Waals surface area contributed by atoms with Crippen molar-refractivity contribution >= 4 is 17.4 Å². The minimum absolute atomic E-state index is 0.148. The first-order chi connectivity index (χ1) is 11.1. The number of hydrogen-bond acceptors (Lipinski definition) is 4. The largest absolute Gasteiger partial charge is 0.392 e. The first-order valence-electron chi connectivity index (χ1n) is 8.32. The van der Waals surface area contributed by atoms with Gasteiger partial charge < -0.3 is 14.6 Å². The second-order valence-electron chi connectivity index (χ2n) is 6.91. The maximum absolute atomic E-state index is 12.6. The Labute approximate surface area is 140 Å². The first-order valence-corrected chi connectivity index (χ1v) is 8.70. The second kappa shape index (κ2) is 5.85. The summed E-state index contributed by atoms with van der Waals surface area (Å²) in [6, 6.07) is 7.56. The number of carbonyl (C=O) groups is 1. The van der Waals surface area contributed by atoms with E-state index in [-0.39, 0.29) is 23.5 Å². The Bertz CT molecular complexity index is 594. The molecule has 1 N–H and O–H groups in total. The van der Waals surface area contributed by atoms with Crippen molar-refractivity contribution in [3.63, 3.8) is 0 Å². The summed E-state index contributed by atoms with van der Waals surface area (Å²) >= 11 is 5.87. The van der Waals surface area contributed by atoms with Gasteiger partial charge in [0.2, 0.25) is 0 Å². The van der Waals surface area contributed by atoms with Crippen molar-refractivity contribution in [1.29, 1.82) is 0 Å². The predicted molar refractivity (Wildman–Crippen MR) is 85.1 cm³/mol. The number of rotatable bonds is 4. The number of benzene rings is 1. The third kappa shape index (κ3) is 2.62. The van der Waals surface area contributed by atoms with E-state index < -0.39 is 11.9 Å². The molecule has 2 saturated carbocycles. The van der Waals surface area contributed by atoms with Gasteiger partial charge in [0.25, 0.3) is 0 Å². The molecule has 0 radical (unpaired) electrons. The van der Waals surface area contributed by atoms with Crippen molar-refractivity contribution in [2.45, 2.75) is 37.6 Å². The van der Waals surface area contributed by atoms with E-state index in [0.29, 0.717) is 37.5 Å². The number of carbonyl (C=O) groups excluding carboxylic acids is 1. The number of hydrogen-bond donors (Lipinski definition) is 1. The lowest BCUT2D eigenvalue weighted by Gasteiger charge is -2.48. The van der Waals surface area contributed by atoms with Gasteiger partial charge in [-0.25, -0.2) is 0 Å². The summed E-state index contributed by atoms with van der Waals surface area (Å²) in [5, 5.41) is 11.2. The third-order valence-corrected chi connectivity index (χ3v) is 5.98. The average Bonchev–Trinajstić information content (AvgIpc) is 3.12. The highest BCUT2D eigenvalue weighted by atomic mass is 35.5. The van der Waals surface area contributed by atoms with Crippen LogP contribution in [0, 0.1) is 17.8 Å². The minimum atomic E-state index is -0.545. The van der Waals surface area contributed by atoms with Crippen LogP contribution in [-0.2, 0) is 20.7 Å². The van der Waals surface area contributed by atoms with Crippen LogP contribution < -0.4 is 0 Å². The van der Waals surface area contributed by atoms with Crippen molar-refractivity contribution in [1.82, 2.24) is 0 Å². The highest BCUT2D eigenvalue weighted by Gasteiger charge is 2.65. The molecule has 0 bridgehead atoms. The van der Waals surface area contributed by atoms with E-state index in [9.17, 15) is 9.90 Å². The van der Waals surface area contributed by atoms with Gasteiger partial charge in [-0.05, 0) is 36.5 Å². The highest BCUT2D eigenvalue weighted by molar-refractivity contribution is 6.30. The summed E-state index contributed by atoms with van der Waals surface area (Å²) in [5.74, 6) is -0.307. The third-order valence-electron chi connectivity index (χ3n) is 5.72. The lowest BCUT2D eigenvalue weighted by atomic mass is 9.69. The zero-order valence-electron chi connectivity index (χ0n) is 12.9. The maximum Gasteiger partial charge on any atom is 0.172 e. The van der Waals surface area contributed by atoms with Gasteiger partial charge in [0.05, 0.1) is 19.3 Å². The van der Waals surface area contributed by atoms with Gasteiger partial charge in [-0.15, -0.1) is 0 Å². The first kappa shape index (κ1) is 15.6. The van der Waals surface area contributed by atoms with Crippen molar-refractivity contribution in [3.05, 3.63) is 34.9 Å². The number of ether oxygens (including phenoxy) is 2. The number of halogens is 1. The summed E-state index contributed by atoms with van der Waals surface area (Å²) in [6.45, 7) is 1.24. The molecule has 1 unspecified atom stereocenters. The Kier molecular flexibility index (Phi) is 3.96. The van der Waals surface area contributed by atoms with Crippen LogP contribution in [0.5, 0.6) is 0 Å². The molecule has 4 atom stereocenters. The van der Waals surface area contributed by atoms with Gasteiger partial charge in [-0.1, -0.05) is 23.7 Å². The van der Waals surface area contributed by atoms with E-state index >= 15 is 0 Å². The highest BCUT2D eigenvalue weighted by Crippen LogP contribution is 2.59. The normalized spacial score (nSPS) is 34.3. The van der Waals surface area contributed by atoms with Crippen LogP contribution in [-0.4, -0.2) is 36.0 Å². The second-order valence-corrected chi connectivity index (χ2v) is 7.35. The van der Waals surface area contributed by atoms with E-state index in [2.05, 4.69) is 0 Å². The Balaban J connectivity index is 1.36. The lowest BCUT2D eigenvalue weighted by Crippen LogP contribution is -2.54. The van der Waals surface area contributed by atoms with Crippen molar-refractivity contribution in [2.24, 2.45) is 17.8 Å². The summed E-state index contributed by atoms with van der Waals surface area (Å²) in [6.07, 6.45) is 2.01. The van der Waals surface area contributed by atoms with Gasteiger partial charge >= 0.3 is 0 Å². The predicted octanol–water partition coefficient (Wildman–Crippen LogP) is 2.60. The quantitative estimate of drug-likeness (QED) is 0.918. The van der Waals surface area contributed by atoms with Crippen LogP contribution in [0.1, 0.15) is 24.8 Å². The Morgan fingerprint density at radius 1 is 1.26 bits per heavy atom. The Morgan fingerprint density at radius 2 is 1.96 bits per heavy atom. The zero-order valence-corrected chi connectivity index (χ0v) is 13.7. The van der Waals surface area contributed by atoms with Crippen LogP contribution in [0.4, 0.5) is 0 Å². The molecule has 3 fully saturated rings. The standard InChI is InChI=1S/C18H21ClO4/c19-12-4-1-11(2-5-12)3-6-16(20)13-9-15-14(17(13)21)10-18(15)22-7-8-23-18/h1-2,4-5,13-15,17,21H,3,6-10H2/t13-,14+,15-,17?/m0/s1. The molecule has 0 aromatic heterocycles. The summed E-state index contributed by atoms with van der Waals surface area (Å²) in [7, 11) is 0. The molecule has 4 nitrogen and oxygen atoms in total. The smallest absolute Gasteiger partial charge is 0.172 e. The van der Waals surface area contributed by atoms with Gasteiger partial charge in [-0.2, -0.15) is 0 Å². The minimum Gasteiger partial charge on any atom is -0.392 e. The van der Waals surface area contributed by atoms with E-state index in [1.54, 1.807) is 0 Å². The molecule has 124 valence electrons. The fraction of sp³-hybridized carbons (Fsp3) is 0.611. The number of Topliss-reactive ketones (excluding diaryl/α,β-unsaturated/α-hetero) is 1. The molecule has 1 heterocycles. The molecular formula is C18H21ClO4. The molecule has 1 aromatic carbocycles. The van der Waals surface area contributed by atoms with Crippen molar-refractivity contribution in [2.75, 3.05) is 13.2 Å². The monoisotopic (exact) mass is 336 g/mol. The van der Waals surface area contributed by atoms with E-state index in [4.69, 9.17) is 21.1 Å². The van der Waals surface area contributed by atoms with Crippen LogP contribution in [0.3, 0.4) is 0 Å². The molecule has 4 rings (SSSR count). The SMILES string of the molecule is O=C(CCc1ccc(Cl)cc1)[C@@H]1C[C@H]2[C@@H](CC23OCCO3)C1O. The van der Waals surface area contributed by atoms with Crippen molar-refractivity contribution in [3.8, 4) is 0 Å². The van der Waals surface area contributed by atoms with Crippen LogP contribution in [0.15, 0.2) is 24.3 Å². The van der Waals surface area contributed by atoms with Gasteiger partial charge in [-0.3, -0.25) is 4.79 Å². The van der Waals surface area contributed by atoms with Crippen LogP contribution in [0.2, 0.25) is 5.02 Å². The summed E-state index contributed by atoms with van der Waals surface area (Å²) in [5.41, 5.74) is 1.09. The maximum atomic E-state index is 12.6. The lowest BCUT2D eigenvalue weighted by molar-refractivity contribution is -0.275. The molecule has 1 saturated heterocycles. The molecular weight excluding hydrogens is 316 g/mol. The summed E-state index contributed by atoms with van der Waals surface area (Å²) in [4.78, 5) is 12.6. The number of fused-ring (bicyclic) bond motifs is 2. The van der Waals surface area contributed by atoms with E-state index in [1.807, 2.05) is 24.3 Å². The van der Waals surface area contributed by atoms with E-state index in [0.717, 1.165) is 12.0 Å². The molecule has 5 heteroatoms. The fourth-order valence-electron chi connectivity index (χ4n) is 4.44. The number of aliphatic hydroxyl groups is 1. The fourth-order valence-corrected chi connectivity index (χ4v) is 4.57. The number of aryl methyl sites for hydroxylation is 1. The Morgan fingerprint density at radius 3 is 2.65 bits per heavy atom. The summed E-state index contributed by atoms with van der Waals surface area (Å²) < 4.78 is 11.5. The number of ketones is 1. The number of aliphatic hydroxyl groups excluding tert-OH is 1. The topological polar surface area (TPSA) is 55.8 Å². The molecule has 3 aliphatic rings. The average molecular weight is 337 g/mol. The van der Waals surface area contributed by atoms with Gasteiger partial charge in [0.15, 0.2) is 5.79 Å². The Hall–Kier alpha value is -0.940. The van der Waals surface area contributed by atoms with E-state index in [1.165, 1.54) is 0 Å². The molecule has 1 aliphatic heterocycles. The van der Waals surface area contributed by atoms with Gasteiger partial charge in [0.1, 0.15) is 5.78 Å². The molecule has 1 aromatic rings. The molecule has 0 amide bonds. The molecule has 1 spiro atoms. The zero-order chi connectivity index (χ0) is 16.0. The van der Waals surface area contributed by atoms with Gasteiger partial charge in [0, 0.05) is 29.7 Å². The van der Waals surface area contributed by atoms with Crippen LogP contribution >= 0.6 is 11.6 Å². The van der Waals surface area contributed by atoms with Crippen LogP contribution in [0.25, 0.3) is 0 Å². The molecule has 23 heavy (non-hydrogen) atoms. The van der Waals surface area contributed by atoms with Crippen molar-refractivity contribution < 1.29 is 19.4 Å². The molecule has 2 aliphatic carbocycles.